The number of rotatable bonds is 5. The molecule has 1 fully saturated rings. The minimum Gasteiger partial charge on any atom is -0.354 e. The molecule has 1 aliphatic heterocycles. The van der Waals surface area contributed by atoms with Gasteiger partial charge >= 0.3 is 0 Å². The summed E-state index contributed by atoms with van der Waals surface area (Å²) in [7, 11) is 0. The third-order valence-electron chi connectivity index (χ3n) is 5.30. The molecule has 2 heterocycles. The minimum absolute atomic E-state index is 0.0772. The number of aryl methyl sites for hydroxylation is 3. The summed E-state index contributed by atoms with van der Waals surface area (Å²) in [5.74, 6) is 1.11. The van der Waals surface area contributed by atoms with Gasteiger partial charge in [0.15, 0.2) is 0 Å². The van der Waals surface area contributed by atoms with Gasteiger partial charge in [-0.05, 0) is 44.9 Å². The number of benzene rings is 1. The van der Waals surface area contributed by atoms with Crippen LogP contribution in [0.5, 0.6) is 0 Å². The number of carbonyl (C=O) groups excluding carboxylic acids is 1. The number of carbonyl (C=O) groups is 1. The lowest BCUT2D eigenvalue weighted by Gasteiger charge is -2.36. The van der Waals surface area contributed by atoms with Crippen LogP contribution in [-0.2, 0) is 4.79 Å². The summed E-state index contributed by atoms with van der Waals surface area (Å²) in [6, 6.07) is 6.13. The fourth-order valence-corrected chi connectivity index (χ4v) is 3.37. The molecule has 1 aromatic carbocycles. The van der Waals surface area contributed by atoms with Gasteiger partial charge in [-0.2, -0.15) is 0 Å². The number of nitrogens with zero attached hydrogens (tertiary/aromatic N) is 4. The zero-order chi connectivity index (χ0) is 19.4. The molecular weight excluding hydrogens is 338 g/mol. The van der Waals surface area contributed by atoms with E-state index in [4.69, 9.17) is 0 Å². The topological polar surface area (TPSA) is 61.4 Å². The maximum Gasteiger partial charge on any atom is 0.225 e. The normalized spacial score (nSPS) is 15.0. The lowest BCUT2D eigenvalue weighted by molar-refractivity contribution is -0.116. The Labute approximate surface area is 161 Å². The lowest BCUT2D eigenvalue weighted by atomic mass is 10.1. The molecule has 0 unspecified atom stereocenters. The first-order valence-electron chi connectivity index (χ1n) is 9.56. The maximum absolute atomic E-state index is 12.3. The van der Waals surface area contributed by atoms with Crippen molar-refractivity contribution in [2.75, 3.05) is 42.9 Å². The number of aromatic nitrogens is 2. The monoisotopic (exact) mass is 367 g/mol. The van der Waals surface area contributed by atoms with E-state index < -0.39 is 0 Å². The van der Waals surface area contributed by atoms with Gasteiger partial charge in [-0.3, -0.25) is 9.69 Å². The standard InChI is InChI=1S/C21H29N5O/c1-15-5-6-16(2)19(13-15)24-20(27)7-8-25-9-11-26(12-10-25)21-17(3)18(4)22-14-23-21/h5-6,13-14H,7-12H2,1-4H3,(H,24,27). The molecule has 1 aromatic heterocycles. The number of hydrogen-bond acceptors (Lipinski definition) is 5. The number of piperazine rings is 1. The molecule has 0 aliphatic carbocycles. The summed E-state index contributed by atoms with van der Waals surface area (Å²) in [5.41, 5.74) is 5.35. The number of hydrogen-bond donors (Lipinski definition) is 1. The van der Waals surface area contributed by atoms with Crippen molar-refractivity contribution < 1.29 is 4.79 Å². The number of nitrogens with one attached hydrogen (secondary N) is 1. The fraction of sp³-hybridized carbons (Fsp3) is 0.476. The fourth-order valence-electron chi connectivity index (χ4n) is 3.37. The predicted octanol–water partition coefficient (Wildman–Crippen LogP) is 2.86. The van der Waals surface area contributed by atoms with Crippen molar-refractivity contribution in [2.45, 2.75) is 34.1 Å². The molecule has 0 bridgehead atoms. The van der Waals surface area contributed by atoms with Gasteiger partial charge in [-0.1, -0.05) is 12.1 Å². The molecule has 2 aromatic rings. The second-order valence-electron chi connectivity index (χ2n) is 7.35. The second-order valence-corrected chi connectivity index (χ2v) is 7.35. The molecule has 1 amide bonds. The Bertz CT molecular complexity index is 812. The first kappa shape index (κ1) is 19.3. The van der Waals surface area contributed by atoms with E-state index in [9.17, 15) is 4.79 Å². The summed E-state index contributed by atoms with van der Waals surface area (Å²) in [6.45, 7) is 12.7. The van der Waals surface area contributed by atoms with Gasteiger partial charge in [0.1, 0.15) is 12.1 Å². The van der Waals surface area contributed by atoms with Crippen molar-refractivity contribution in [1.29, 1.82) is 0 Å². The van der Waals surface area contributed by atoms with Crippen molar-refractivity contribution >= 4 is 17.4 Å². The quantitative estimate of drug-likeness (QED) is 0.880. The van der Waals surface area contributed by atoms with Crippen LogP contribution < -0.4 is 10.2 Å². The van der Waals surface area contributed by atoms with Crippen molar-refractivity contribution in [2.24, 2.45) is 0 Å². The van der Waals surface area contributed by atoms with Gasteiger partial charge in [0.2, 0.25) is 5.91 Å². The van der Waals surface area contributed by atoms with Crippen molar-refractivity contribution in [3.63, 3.8) is 0 Å². The van der Waals surface area contributed by atoms with Gasteiger partial charge < -0.3 is 10.2 Å². The highest BCUT2D eigenvalue weighted by Gasteiger charge is 2.20. The molecule has 27 heavy (non-hydrogen) atoms. The number of anilines is 2. The van der Waals surface area contributed by atoms with Gasteiger partial charge in [0, 0.05) is 56.1 Å². The summed E-state index contributed by atoms with van der Waals surface area (Å²) >= 11 is 0. The van der Waals surface area contributed by atoms with Gasteiger partial charge in [-0.25, -0.2) is 9.97 Å². The molecule has 0 atom stereocenters. The third-order valence-corrected chi connectivity index (χ3v) is 5.30. The highest BCUT2D eigenvalue weighted by atomic mass is 16.1. The second kappa shape index (κ2) is 8.48. The Kier molecular flexibility index (Phi) is 6.06. The van der Waals surface area contributed by atoms with Crippen LogP contribution in [0, 0.1) is 27.7 Å². The Morgan fingerprint density at radius 3 is 2.56 bits per heavy atom. The van der Waals surface area contributed by atoms with Crippen LogP contribution in [0.25, 0.3) is 0 Å². The summed E-state index contributed by atoms with van der Waals surface area (Å²) in [5, 5.41) is 3.05. The summed E-state index contributed by atoms with van der Waals surface area (Å²) in [4.78, 5) is 25.7. The van der Waals surface area contributed by atoms with Gasteiger partial charge in [0.05, 0.1) is 0 Å². The van der Waals surface area contributed by atoms with Crippen LogP contribution in [0.15, 0.2) is 24.5 Å². The Balaban J connectivity index is 1.47. The molecule has 3 rings (SSSR count). The molecule has 144 valence electrons. The van der Waals surface area contributed by atoms with E-state index >= 15 is 0 Å². The van der Waals surface area contributed by atoms with Crippen molar-refractivity contribution in [3.05, 3.63) is 46.9 Å². The van der Waals surface area contributed by atoms with E-state index in [0.717, 1.165) is 66.6 Å². The minimum atomic E-state index is 0.0772. The van der Waals surface area contributed by atoms with Crippen LogP contribution in [0.1, 0.15) is 28.8 Å². The van der Waals surface area contributed by atoms with Crippen molar-refractivity contribution in [3.8, 4) is 0 Å². The third kappa shape index (κ3) is 4.83. The van der Waals surface area contributed by atoms with Crippen LogP contribution in [0.4, 0.5) is 11.5 Å². The molecule has 1 N–H and O–H groups in total. The van der Waals surface area contributed by atoms with E-state index in [2.05, 4.69) is 38.1 Å². The molecule has 6 heteroatoms. The Morgan fingerprint density at radius 1 is 1.07 bits per heavy atom. The summed E-state index contributed by atoms with van der Waals surface area (Å²) in [6.07, 6.45) is 2.15. The van der Waals surface area contributed by atoms with E-state index in [1.807, 2.05) is 32.9 Å². The Hall–Kier alpha value is -2.47. The van der Waals surface area contributed by atoms with Gasteiger partial charge in [0.25, 0.3) is 0 Å². The lowest BCUT2D eigenvalue weighted by Crippen LogP contribution is -2.47. The average Bonchev–Trinajstić information content (AvgIpc) is 2.66. The van der Waals surface area contributed by atoms with Gasteiger partial charge in [-0.15, -0.1) is 0 Å². The SMILES string of the molecule is Cc1ccc(C)c(NC(=O)CCN2CCN(c3ncnc(C)c3C)CC2)c1. The number of amides is 1. The first-order valence-corrected chi connectivity index (χ1v) is 9.56. The first-order chi connectivity index (χ1) is 12.9. The predicted molar refractivity (Wildman–Crippen MR) is 109 cm³/mol. The highest BCUT2D eigenvalue weighted by molar-refractivity contribution is 5.91. The molecule has 0 saturated carbocycles. The highest BCUT2D eigenvalue weighted by Crippen LogP contribution is 2.20. The van der Waals surface area contributed by atoms with E-state index in [-0.39, 0.29) is 5.91 Å². The van der Waals surface area contributed by atoms with Crippen LogP contribution >= 0.6 is 0 Å². The molecule has 0 spiro atoms. The van der Waals surface area contributed by atoms with E-state index in [1.165, 1.54) is 0 Å². The molecule has 1 saturated heterocycles. The molecular formula is C21H29N5O. The maximum atomic E-state index is 12.3. The smallest absolute Gasteiger partial charge is 0.225 e. The van der Waals surface area contributed by atoms with Crippen LogP contribution in [0.2, 0.25) is 0 Å². The van der Waals surface area contributed by atoms with Crippen LogP contribution in [-0.4, -0.2) is 53.5 Å². The largest absolute Gasteiger partial charge is 0.354 e. The molecule has 1 aliphatic rings. The summed E-state index contributed by atoms with van der Waals surface area (Å²) < 4.78 is 0. The van der Waals surface area contributed by atoms with Crippen LogP contribution in [0.3, 0.4) is 0 Å². The molecule has 0 radical (unpaired) electrons. The van der Waals surface area contributed by atoms with Crippen molar-refractivity contribution in [1.82, 2.24) is 14.9 Å². The Morgan fingerprint density at radius 2 is 1.81 bits per heavy atom. The van der Waals surface area contributed by atoms with E-state index in [0.29, 0.717) is 6.42 Å². The zero-order valence-electron chi connectivity index (χ0n) is 16.7. The van der Waals surface area contributed by atoms with E-state index in [1.54, 1.807) is 6.33 Å². The zero-order valence-corrected chi connectivity index (χ0v) is 16.7. The molecule has 6 nitrogen and oxygen atoms in total. The average molecular weight is 367 g/mol.